The Hall–Kier alpha value is -1.22. The van der Waals surface area contributed by atoms with Crippen LogP contribution in [-0.4, -0.2) is 29.2 Å². The van der Waals surface area contributed by atoms with Crippen LogP contribution in [-0.2, 0) is 6.54 Å². The average Bonchev–Trinajstić information content (AvgIpc) is 2.40. The van der Waals surface area contributed by atoms with Crippen LogP contribution in [0, 0.1) is 11.8 Å². The molecule has 0 aromatic heterocycles. The highest BCUT2D eigenvalue weighted by atomic mass is 16.5. The minimum atomic E-state index is 0.299. The van der Waals surface area contributed by atoms with Gasteiger partial charge in [-0.2, -0.15) is 0 Å². The monoisotopic (exact) mass is 277 g/mol. The molecule has 1 aliphatic heterocycles. The molecule has 3 heteroatoms. The summed E-state index contributed by atoms with van der Waals surface area (Å²) in [5.41, 5.74) is 0.962. The Bertz CT molecular complexity index is 447. The molecule has 0 spiro atoms. The molecule has 0 amide bonds. The summed E-state index contributed by atoms with van der Waals surface area (Å²) in [6.07, 6.45) is 1.29. The average molecular weight is 277 g/mol. The van der Waals surface area contributed by atoms with Gasteiger partial charge < -0.3 is 9.84 Å². The Morgan fingerprint density at radius 2 is 2.05 bits per heavy atom. The van der Waals surface area contributed by atoms with Crippen LogP contribution in [0.2, 0.25) is 0 Å². The lowest BCUT2D eigenvalue weighted by Gasteiger charge is -2.41. The number of nitrogens with zero attached hydrogens (tertiary/aromatic N) is 1. The number of likely N-dealkylation sites (tertiary alicyclic amines) is 1. The molecule has 0 radical (unpaired) electrons. The topological polar surface area (TPSA) is 32.7 Å². The quantitative estimate of drug-likeness (QED) is 0.911. The summed E-state index contributed by atoms with van der Waals surface area (Å²) >= 11 is 0. The highest BCUT2D eigenvalue weighted by Crippen LogP contribution is 2.33. The predicted octanol–water partition coefficient (Wildman–Crippen LogP) is 3.66. The van der Waals surface area contributed by atoms with Gasteiger partial charge in [-0.15, -0.1) is 0 Å². The molecular weight excluding hydrogens is 250 g/mol. The number of phenolic OH excluding ortho intramolecular Hbond substituents is 1. The van der Waals surface area contributed by atoms with Crippen LogP contribution in [0.25, 0.3) is 0 Å². The molecular formula is C17H27NO2. The summed E-state index contributed by atoms with van der Waals surface area (Å²) in [5.74, 6) is 2.32. The van der Waals surface area contributed by atoms with Crippen molar-refractivity contribution >= 4 is 0 Å². The maximum Gasteiger partial charge on any atom is 0.162 e. The molecule has 1 aliphatic rings. The summed E-state index contributed by atoms with van der Waals surface area (Å²) < 4.78 is 5.47. The van der Waals surface area contributed by atoms with E-state index in [0.29, 0.717) is 30.1 Å². The molecule has 112 valence electrons. The Morgan fingerprint density at radius 1 is 1.30 bits per heavy atom. The van der Waals surface area contributed by atoms with Crippen molar-refractivity contribution in [1.29, 1.82) is 0 Å². The van der Waals surface area contributed by atoms with Gasteiger partial charge in [0.2, 0.25) is 0 Å². The van der Waals surface area contributed by atoms with Gasteiger partial charge in [0, 0.05) is 24.7 Å². The third-order valence-electron chi connectivity index (χ3n) is 4.48. The standard InChI is InChI=1S/C17H27NO2/c1-5-20-16-8-6-7-15(17(16)19)11-18-10-12(2)9-13(3)14(18)4/h6-8,12-14,19H,5,9-11H2,1-4H3. The number of rotatable bonds is 4. The zero-order valence-corrected chi connectivity index (χ0v) is 13.1. The van der Waals surface area contributed by atoms with Gasteiger partial charge in [-0.05, 0) is 38.2 Å². The number of hydrogen-bond acceptors (Lipinski definition) is 3. The second-order valence-corrected chi connectivity index (χ2v) is 6.19. The Morgan fingerprint density at radius 3 is 2.75 bits per heavy atom. The lowest BCUT2D eigenvalue weighted by molar-refractivity contribution is 0.0721. The first-order valence-corrected chi connectivity index (χ1v) is 7.70. The van der Waals surface area contributed by atoms with E-state index < -0.39 is 0 Å². The fraction of sp³-hybridized carbons (Fsp3) is 0.647. The third-order valence-corrected chi connectivity index (χ3v) is 4.48. The number of para-hydroxylation sites is 1. The number of hydrogen-bond donors (Lipinski definition) is 1. The van der Waals surface area contributed by atoms with Crippen LogP contribution in [0.15, 0.2) is 18.2 Å². The van der Waals surface area contributed by atoms with Gasteiger partial charge >= 0.3 is 0 Å². The van der Waals surface area contributed by atoms with E-state index in [2.05, 4.69) is 25.7 Å². The largest absolute Gasteiger partial charge is 0.504 e. The molecule has 0 bridgehead atoms. The van der Waals surface area contributed by atoms with Crippen molar-refractivity contribution in [3.05, 3.63) is 23.8 Å². The minimum absolute atomic E-state index is 0.299. The molecule has 0 aliphatic carbocycles. The van der Waals surface area contributed by atoms with Gasteiger partial charge in [0.1, 0.15) is 0 Å². The highest BCUT2D eigenvalue weighted by molar-refractivity contribution is 5.45. The molecule has 3 nitrogen and oxygen atoms in total. The van der Waals surface area contributed by atoms with Gasteiger partial charge in [-0.3, -0.25) is 4.90 Å². The summed E-state index contributed by atoms with van der Waals surface area (Å²) in [6.45, 7) is 11.3. The zero-order chi connectivity index (χ0) is 14.7. The summed E-state index contributed by atoms with van der Waals surface area (Å²) in [6, 6.07) is 6.34. The Balaban J connectivity index is 2.14. The molecule has 2 rings (SSSR count). The van der Waals surface area contributed by atoms with E-state index in [4.69, 9.17) is 4.74 Å². The zero-order valence-electron chi connectivity index (χ0n) is 13.1. The van der Waals surface area contributed by atoms with Crippen LogP contribution >= 0.6 is 0 Å². The Kier molecular flexibility index (Phi) is 4.92. The van der Waals surface area contributed by atoms with Crippen LogP contribution in [0.5, 0.6) is 11.5 Å². The van der Waals surface area contributed by atoms with Crippen molar-refractivity contribution in [2.45, 2.75) is 46.7 Å². The van der Waals surface area contributed by atoms with Gasteiger partial charge in [-0.1, -0.05) is 26.0 Å². The maximum absolute atomic E-state index is 10.3. The van der Waals surface area contributed by atoms with Crippen molar-refractivity contribution in [3.63, 3.8) is 0 Å². The molecule has 1 N–H and O–H groups in total. The van der Waals surface area contributed by atoms with Crippen molar-refractivity contribution in [3.8, 4) is 11.5 Å². The lowest BCUT2D eigenvalue weighted by Crippen LogP contribution is -2.45. The fourth-order valence-corrected chi connectivity index (χ4v) is 3.23. The van der Waals surface area contributed by atoms with E-state index in [0.717, 1.165) is 24.6 Å². The van der Waals surface area contributed by atoms with E-state index in [9.17, 15) is 5.11 Å². The van der Waals surface area contributed by atoms with Crippen molar-refractivity contribution in [2.24, 2.45) is 11.8 Å². The van der Waals surface area contributed by atoms with Crippen LogP contribution < -0.4 is 4.74 Å². The molecule has 20 heavy (non-hydrogen) atoms. The van der Waals surface area contributed by atoms with Crippen LogP contribution in [0.1, 0.15) is 39.7 Å². The van der Waals surface area contributed by atoms with Gasteiger partial charge in [0.25, 0.3) is 0 Å². The predicted molar refractivity (Wildman–Crippen MR) is 82.1 cm³/mol. The van der Waals surface area contributed by atoms with E-state index in [-0.39, 0.29) is 0 Å². The van der Waals surface area contributed by atoms with Crippen LogP contribution in [0.3, 0.4) is 0 Å². The van der Waals surface area contributed by atoms with Crippen molar-refractivity contribution < 1.29 is 9.84 Å². The minimum Gasteiger partial charge on any atom is -0.504 e. The van der Waals surface area contributed by atoms with Gasteiger partial charge in [-0.25, -0.2) is 0 Å². The summed E-state index contributed by atoms with van der Waals surface area (Å²) in [5, 5.41) is 10.3. The molecule has 3 atom stereocenters. The van der Waals surface area contributed by atoms with Crippen molar-refractivity contribution in [1.82, 2.24) is 4.90 Å². The normalized spacial score (nSPS) is 27.5. The maximum atomic E-state index is 10.3. The first kappa shape index (κ1) is 15.2. The molecule has 1 aromatic rings. The van der Waals surface area contributed by atoms with Gasteiger partial charge in [0.05, 0.1) is 6.61 Å². The van der Waals surface area contributed by atoms with Crippen molar-refractivity contribution in [2.75, 3.05) is 13.2 Å². The first-order chi connectivity index (χ1) is 9.52. The first-order valence-electron chi connectivity index (χ1n) is 7.70. The third kappa shape index (κ3) is 3.26. The van der Waals surface area contributed by atoms with E-state index in [1.807, 2.05) is 25.1 Å². The Labute approximate surface area is 122 Å². The molecule has 0 saturated carbocycles. The number of aromatic hydroxyl groups is 1. The molecule has 1 fully saturated rings. The lowest BCUT2D eigenvalue weighted by atomic mass is 9.86. The SMILES string of the molecule is CCOc1cccc(CN2CC(C)CC(C)C2C)c1O. The fourth-order valence-electron chi connectivity index (χ4n) is 3.23. The molecule has 1 saturated heterocycles. The van der Waals surface area contributed by atoms with E-state index in [1.165, 1.54) is 6.42 Å². The summed E-state index contributed by atoms with van der Waals surface area (Å²) in [4.78, 5) is 2.48. The summed E-state index contributed by atoms with van der Waals surface area (Å²) in [7, 11) is 0. The molecule has 3 unspecified atom stereocenters. The molecule has 1 aromatic carbocycles. The van der Waals surface area contributed by atoms with E-state index >= 15 is 0 Å². The number of benzene rings is 1. The smallest absolute Gasteiger partial charge is 0.162 e. The molecule has 1 heterocycles. The number of phenols is 1. The van der Waals surface area contributed by atoms with Gasteiger partial charge in [0.15, 0.2) is 11.5 Å². The highest BCUT2D eigenvalue weighted by Gasteiger charge is 2.29. The number of piperidine rings is 1. The van der Waals surface area contributed by atoms with E-state index in [1.54, 1.807) is 0 Å². The number of ether oxygens (including phenoxy) is 1. The second-order valence-electron chi connectivity index (χ2n) is 6.19. The van der Waals surface area contributed by atoms with Crippen LogP contribution in [0.4, 0.5) is 0 Å². The second kappa shape index (κ2) is 6.49.